The highest BCUT2D eigenvalue weighted by Gasteiger charge is 2.06. The van der Waals surface area contributed by atoms with Crippen molar-refractivity contribution in [3.63, 3.8) is 0 Å². The van der Waals surface area contributed by atoms with E-state index in [2.05, 4.69) is 46.3 Å². The van der Waals surface area contributed by atoms with Crippen molar-refractivity contribution in [3.05, 3.63) is 46.0 Å². The van der Waals surface area contributed by atoms with Crippen molar-refractivity contribution in [2.75, 3.05) is 0 Å². The van der Waals surface area contributed by atoms with Gasteiger partial charge in [-0.3, -0.25) is 0 Å². The Hall–Kier alpha value is -0.560. The molecular weight excluding hydrogens is 212 g/mol. The lowest BCUT2D eigenvalue weighted by molar-refractivity contribution is 1.08. The van der Waals surface area contributed by atoms with Gasteiger partial charge in [-0.15, -0.1) is 0 Å². The van der Waals surface area contributed by atoms with Gasteiger partial charge in [0.25, 0.3) is 0 Å². The van der Waals surface area contributed by atoms with Crippen LogP contribution in [0.5, 0.6) is 0 Å². The Labute approximate surface area is 82.4 Å². The molecule has 0 unspecified atom stereocenters. The van der Waals surface area contributed by atoms with E-state index in [1.807, 2.05) is 0 Å². The first-order chi connectivity index (χ1) is 5.38. The van der Waals surface area contributed by atoms with Gasteiger partial charge in [0.05, 0.1) is 0 Å². The van der Waals surface area contributed by atoms with E-state index < -0.39 is 0 Å². The summed E-state index contributed by atoms with van der Waals surface area (Å²) < 4.78 is 1.25. The summed E-state index contributed by atoms with van der Waals surface area (Å²) in [6, 6.07) is 6.41. The van der Waals surface area contributed by atoms with Gasteiger partial charge in [0.2, 0.25) is 0 Å². The Morgan fingerprint density at radius 3 is 2.58 bits per heavy atom. The molecule has 0 heterocycles. The normalized spacial score (nSPS) is 13.4. The van der Waals surface area contributed by atoms with Crippen LogP contribution in [-0.2, 0) is 12.8 Å². The van der Waals surface area contributed by atoms with Crippen LogP contribution in [0.3, 0.4) is 0 Å². The molecule has 1 aromatic carbocycles. The van der Waals surface area contributed by atoms with Gasteiger partial charge in [0.15, 0.2) is 0 Å². The summed E-state index contributed by atoms with van der Waals surface area (Å²) in [4.78, 5) is 0. The van der Waals surface area contributed by atoms with Crippen LogP contribution >= 0.6 is 15.9 Å². The van der Waals surface area contributed by atoms with Gasteiger partial charge < -0.3 is 0 Å². The second-order valence-electron chi connectivity index (χ2n) is 2.76. The van der Waals surface area contributed by atoms with Crippen LogP contribution in [-0.4, -0.2) is 0 Å². The first-order valence-corrected chi connectivity index (χ1v) is 4.58. The van der Waals surface area contributed by atoms with Gasteiger partial charge in [-0.1, -0.05) is 47.6 Å². The molecule has 0 aromatic heterocycles. The number of benzene rings is 1. The molecule has 64 valence electrons. The Bertz CT molecular complexity index is 300. The molecule has 0 aliphatic heterocycles. The molecule has 0 atom stereocenters. The predicted molar refractivity (Wildman–Crippen MR) is 57.4 cm³/mol. The van der Waals surface area contributed by atoms with Gasteiger partial charge >= 0.3 is 0 Å². The second kappa shape index (κ2) is 3.90. The van der Waals surface area contributed by atoms with Crippen LogP contribution in [0.15, 0.2) is 34.8 Å². The standard InChI is InChI=1S/C10H9Br.CH4/c11-10-7-3-5-8-4-1-2-6-9(8)10;/h1-3,5,7H,4,6H2;1H4. The van der Waals surface area contributed by atoms with Crippen molar-refractivity contribution >= 4 is 15.9 Å². The van der Waals surface area contributed by atoms with Crippen LogP contribution in [0.1, 0.15) is 18.6 Å². The van der Waals surface area contributed by atoms with E-state index in [9.17, 15) is 0 Å². The highest BCUT2D eigenvalue weighted by atomic mass is 79.9. The minimum absolute atomic E-state index is 0. The highest BCUT2D eigenvalue weighted by Crippen LogP contribution is 2.24. The summed E-state index contributed by atoms with van der Waals surface area (Å²) in [5, 5.41) is 0. The lowest BCUT2D eigenvalue weighted by Gasteiger charge is -2.11. The third-order valence-corrected chi connectivity index (χ3v) is 2.79. The maximum atomic E-state index is 3.55. The fourth-order valence-electron chi connectivity index (χ4n) is 1.43. The zero-order valence-corrected chi connectivity index (χ0v) is 7.76. The molecule has 0 saturated carbocycles. The Morgan fingerprint density at radius 2 is 1.83 bits per heavy atom. The number of allylic oxidation sites excluding steroid dienone is 2. The minimum atomic E-state index is 0. The van der Waals surface area contributed by atoms with Gasteiger partial charge in [0.1, 0.15) is 0 Å². The second-order valence-corrected chi connectivity index (χ2v) is 3.61. The highest BCUT2D eigenvalue weighted by molar-refractivity contribution is 9.10. The maximum Gasteiger partial charge on any atom is 0.0213 e. The molecule has 0 spiro atoms. The van der Waals surface area contributed by atoms with Crippen LogP contribution < -0.4 is 0 Å². The largest absolute Gasteiger partial charge is 0.0838 e. The number of hydrogen-bond acceptors (Lipinski definition) is 0. The van der Waals surface area contributed by atoms with E-state index in [0.29, 0.717) is 0 Å². The van der Waals surface area contributed by atoms with Gasteiger partial charge in [-0.25, -0.2) is 0 Å². The molecule has 1 aromatic rings. The number of fused-ring (bicyclic) bond motifs is 1. The first-order valence-electron chi connectivity index (χ1n) is 3.79. The Balaban J connectivity index is 0.000000720. The average Bonchev–Trinajstić information content (AvgIpc) is 2.06. The quantitative estimate of drug-likeness (QED) is 0.590. The van der Waals surface area contributed by atoms with E-state index in [4.69, 9.17) is 0 Å². The molecule has 0 bridgehead atoms. The third-order valence-electron chi connectivity index (χ3n) is 2.04. The summed E-state index contributed by atoms with van der Waals surface area (Å²) in [6.45, 7) is 0. The van der Waals surface area contributed by atoms with Crippen LogP contribution in [0.4, 0.5) is 0 Å². The van der Waals surface area contributed by atoms with Gasteiger partial charge in [-0.05, 0) is 30.0 Å². The zero-order valence-electron chi connectivity index (χ0n) is 6.18. The molecule has 0 fully saturated rings. The van der Waals surface area contributed by atoms with E-state index >= 15 is 0 Å². The molecule has 1 aliphatic carbocycles. The van der Waals surface area contributed by atoms with Crippen molar-refractivity contribution in [1.29, 1.82) is 0 Å². The third kappa shape index (κ3) is 1.61. The fourth-order valence-corrected chi connectivity index (χ4v) is 2.00. The molecule has 0 radical (unpaired) electrons. The molecule has 0 amide bonds. The summed E-state index contributed by atoms with van der Waals surface area (Å²) in [5.74, 6) is 0. The SMILES string of the molecule is Brc1cccc2c1CC=CC2.C. The van der Waals surface area contributed by atoms with Crippen molar-refractivity contribution in [2.24, 2.45) is 0 Å². The van der Waals surface area contributed by atoms with E-state index in [1.54, 1.807) is 0 Å². The van der Waals surface area contributed by atoms with Crippen molar-refractivity contribution in [1.82, 2.24) is 0 Å². The van der Waals surface area contributed by atoms with Gasteiger partial charge in [-0.2, -0.15) is 0 Å². The molecule has 12 heavy (non-hydrogen) atoms. The van der Waals surface area contributed by atoms with Crippen molar-refractivity contribution in [3.8, 4) is 0 Å². The molecule has 1 heteroatoms. The van der Waals surface area contributed by atoms with E-state index in [-0.39, 0.29) is 7.43 Å². The maximum absolute atomic E-state index is 3.55. The monoisotopic (exact) mass is 224 g/mol. The molecule has 0 N–H and O–H groups in total. The van der Waals surface area contributed by atoms with Crippen LogP contribution in [0, 0.1) is 0 Å². The summed E-state index contributed by atoms with van der Waals surface area (Å²) in [5.41, 5.74) is 2.91. The predicted octanol–water partition coefficient (Wildman–Crippen LogP) is 3.74. The van der Waals surface area contributed by atoms with Crippen LogP contribution in [0.25, 0.3) is 0 Å². The smallest absolute Gasteiger partial charge is 0.0213 e. The van der Waals surface area contributed by atoms with Crippen molar-refractivity contribution in [2.45, 2.75) is 20.3 Å². The number of halogens is 1. The van der Waals surface area contributed by atoms with Crippen LogP contribution in [0.2, 0.25) is 0 Å². The number of hydrogen-bond donors (Lipinski definition) is 0. The molecule has 0 nitrogen and oxygen atoms in total. The zero-order chi connectivity index (χ0) is 7.68. The Morgan fingerprint density at radius 1 is 1.08 bits per heavy atom. The van der Waals surface area contributed by atoms with E-state index in [0.717, 1.165) is 12.8 Å². The summed E-state index contributed by atoms with van der Waals surface area (Å²) in [7, 11) is 0. The van der Waals surface area contributed by atoms with Gasteiger partial charge in [0, 0.05) is 4.47 Å². The Kier molecular flexibility index (Phi) is 3.10. The molecule has 1 aliphatic rings. The first kappa shape index (κ1) is 9.53. The molecular formula is C11H13Br. The lowest BCUT2D eigenvalue weighted by atomic mass is 9.97. The topological polar surface area (TPSA) is 0 Å². The summed E-state index contributed by atoms with van der Waals surface area (Å²) >= 11 is 3.55. The lowest BCUT2D eigenvalue weighted by Crippen LogP contribution is -1.97. The van der Waals surface area contributed by atoms with E-state index in [1.165, 1.54) is 15.6 Å². The van der Waals surface area contributed by atoms with Crippen molar-refractivity contribution < 1.29 is 0 Å². The minimum Gasteiger partial charge on any atom is -0.0838 e. The number of rotatable bonds is 0. The average molecular weight is 225 g/mol. The molecule has 0 saturated heterocycles. The fraction of sp³-hybridized carbons (Fsp3) is 0.273. The summed E-state index contributed by atoms with van der Waals surface area (Å²) in [6.07, 6.45) is 6.63. The molecule has 2 rings (SSSR count).